The van der Waals surface area contributed by atoms with Crippen molar-refractivity contribution in [1.82, 2.24) is 5.32 Å². The summed E-state index contributed by atoms with van der Waals surface area (Å²) in [6, 6.07) is -0.851. The average molecular weight is 619 g/mol. The van der Waals surface area contributed by atoms with E-state index in [4.69, 9.17) is 14.8 Å². The van der Waals surface area contributed by atoms with Crippen LogP contribution in [0.4, 0.5) is 0 Å². The van der Waals surface area contributed by atoms with Crippen molar-refractivity contribution in [2.45, 2.75) is 174 Å². The van der Waals surface area contributed by atoms with Gasteiger partial charge in [-0.3, -0.25) is 13.8 Å². The van der Waals surface area contributed by atoms with Crippen molar-refractivity contribution >= 4 is 13.7 Å². The summed E-state index contributed by atoms with van der Waals surface area (Å²) in [5.41, 5.74) is 5.34. The lowest BCUT2D eigenvalue weighted by Gasteiger charge is -2.23. The van der Waals surface area contributed by atoms with E-state index in [0.717, 1.165) is 38.5 Å². The number of nitrogens with two attached hydrogens (primary N) is 1. The molecule has 0 spiro atoms. The number of carbonyl (C=O) groups is 1. The summed E-state index contributed by atoms with van der Waals surface area (Å²) >= 11 is 0. The van der Waals surface area contributed by atoms with Crippen molar-refractivity contribution in [3.8, 4) is 0 Å². The van der Waals surface area contributed by atoms with Crippen LogP contribution in [0.3, 0.4) is 0 Å². The van der Waals surface area contributed by atoms with Crippen LogP contribution in [0.15, 0.2) is 12.2 Å². The molecule has 5 N–H and O–H groups in total. The van der Waals surface area contributed by atoms with Gasteiger partial charge in [-0.2, -0.15) is 0 Å². The third-order valence-electron chi connectivity index (χ3n) is 7.61. The average Bonchev–Trinajstić information content (AvgIpc) is 2.97. The molecule has 8 nitrogen and oxygen atoms in total. The van der Waals surface area contributed by atoms with E-state index in [1.54, 1.807) is 6.08 Å². The van der Waals surface area contributed by atoms with E-state index in [2.05, 4.69) is 19.2 Å². The van der Waals surface area contributed by atoms with Gasteiger partial charge in [-0.1, -0.05) is 148 Å². The van der Waals surface area contributed by atoms with Gasteiger partial charge in [-0.05, 0) is 19.3 Å². The summed E-state index contributed by atoms with van der Waals surface area (Å²) < 4.78 is 21.9. The number of aliphatic hydroxyl groups excluding tert-OH is 1. The molecule has 0 aromatic heterocycles. The Hall–Kier alpha value is -0.760. The molecule has 0 saturated carbocycles. The van der Waals surface area contributed by atoms with Crippen LogP contribution in [-0.4, -0.2) is 47.8 Å². The smallest absolute Gasteiger partial charge is 0.387 e. The van der Waals surface area contributed by atoms with E-state index in [1.807, 2.05) is 6.08 Å². The molecule has 250 valence electrons. The number of phosphoric acid groups is 1. The fraction of sp³-hybridized carbons (Fsp3) is 0.909. The quantitative estimate of drug-likeness (QED) is 0.0338. The molecule has 0 aromatic carbocycles. The molecule has 3 unspecified atom stereocenters. The maximum Gasteiger partial charge on any atom is 0.472 e. The maximum atomic E-state index is 12.6. The van der Waals surface area contributed by atoms with Crippen molar-refractivity contribution in [2.75, 3.05) is 19.8 Å². The summed E-state index contributed by atoms with van der Waals surface area (Å²) in [4.78, 5) is 22.5. The van der Waals surface area contributed by atoms with E-state index < -0.39 is 20.0 Å². The van der Waals surface area contributed by atoms with Crippen molar-refractivity contribution in [3.63, 3.8) is 0 Å². The number of phosphoric ester groups is 1. The van der Waals surface area contributed by atoms with Crippen LogP contribution in [-0.2, 0) is 18.4 Å². The number of amides is 1. The van der Waals surface area contributed by atoms with Gasteiger partial charge in [0.15, 0.2) is 0 Å². The minimum Gasteiger partial charge on any atom is -0.387 e. The second-order valence-electron chi connectivity index (χ2n) is 11.7. The lowest BCUT2D eigenvalue weighted by atomic mass is 10.0. The highest BCUT2D eigenvalue weighted by Crippen LogP contribution is 2.43. The number of hydrogen-bond acceptors (Lipinski definition) is 6. The molecule has 0 rings (SSSR count). The Morgan fingerprint density at radius 2 is 1.21 bits per heavy atom. The van der Waals surface area contributed by atoms with E-state index >= 15 is 0 Å². The van der Waals surface area contributed by atoms with Gasteiger partial charge in [-0.25, -0.2) is 4.57 Å². The number of aliphatic hydroxyl groups is 1. The van der Waals surface area contributed by atoms with Crippen LogP contribution in [0.1, 0.15) is 162 Å². The third-order valence-corrected chi connectivity index (χ3v) is 8.60. The molecule has 1 amide bonds. The first-order chi connectivity index (χ1) is 20.4. The molecule has 9 heteroatoms. The molecule has 0 fully saturated rings. The second-order valence-corrected chi connectivity index (χ2v) is 13.2. The SMILES string of the molecule is CCCCCCCCCCCCC/C=C/C(O)C(COP(=O)(O)OCCN)NC(=O)CCCCCCCCCCCC. The molecule has 0 radical (unpaired) electrons. The van der Waals surface area contributed by atoms with Gasteiger partial charge in [0, 0.05) is 13.0 Å². The molecule has 42 heavy (non-hydrogen) atoms. The van der Waals surface area contributed by atoms with Crippen molar-refractivity contribution in [1.29, 1.82) is 0 Å². The highest BCUT2D eigenvalue weighted by molar-refractivity contribution is 7.47. The number of carbonyl (C=O) groups excluding carboxylic acids is 1. The lowest BCUT2D eigenvalue weighted by Crippen LogP contribution is -2.45. The molecular formula is C33H67N2O6P. The number of unbranched alkanes of at least 4 members (excludes halogenated alkanes) is 20. The topological polar surface area (TPSA) is 131 Å². The first-order valence-corrected chi connectivity index (χ1v) is 18.8. The molecule has 0 heterocycles. The van der Waals surface area contributed by atoms with E-state index in [-0.39, 0.29) is 25.7 Å². The molecule has 3 atom stereocenters. The number of rotatable bonds is 32. The summed E-state index contributed by atoms with van der Waals surface area (Å²) in [6.07, 6.45) is 29.6. The minimum absolute atomic E-state index is 0.0807. The molecule has 0 saturated heterocycles. The largest absolute Gasteiger partial charge is 0.472 e. The molecular weight excluding hydrogens is 551 g/mol. The van der Waals surface area contributed by atoms with Crippen molar-refractivity contribution in [2.24, 2.45) is 5.73 Å². The Labute approximate surface area is 258 Å². The van der Waals surface area contributed by atoms with E-state index in [1.165, 1.54) is 103 Å². The standard InChI is InChI=1S/C33H67N2O6P/c1-3-5-7-9-11-13-15-16-17-18-20-22-24-26-32(36)31(30-41-42(38,39)40-29-28-34)35-33(37)27-25-23-21-19-14-12-10-8-6-4-2/h24,26,31-32,36H,3-23,25,27-30,34H2,1-2H3,(H,35,37)(H,38,39)/b26-24+. The van der Waals surface area contributed by atoms with E-state index in [9.17, 15) is 19.4 Å². The van der Waals surface area contributed by atoms with Gasteiger partial charge in [0.25, 0.3) is 0 Å². The number of allylic oxidation sites excluding steroid dienone is 1. The van der Waals surface area contributed by atoms with Gasteiger partial charge in [0.1, 0.15) is 0 Å². The molecule has 0 aliphatic heterocycles. The summed E-state index contributed by atoms with van der Waals surface area (Å²) in [5, 5.41) is 13.5. The van der Waals surface area contributed by atoms with Crippen LogP contribution in [0.25, 0.3) is 0 Å². The monoisotopic (exact) mass is 618 g/mol. The fourth-order valence-electron chi connectivity index (χ4n) is 4.95. The van der Waals surface area contributed by atoms with Crippen LogP contribution in [0, 0.1) is 0 Å². The predicted octanol–water partition coefficient (Wildman–Crippen LogP) is 8.49. The van der Waals surface area contributed by atoms with Crippen LogP contribution in [0.5, 0.6) is 0 Å². The third kappa shape index (κ3) is 28.0. The van der Waals surface area contributed by atoms with Crippen LogP contribution >= 0.6 is 7.82 Å². The van der Waals surface area contributed by atoms with Gasteiger partial charge < -0.3 is 21.1 Å². The zero-order chi connectivity index (χ0) is 31.2. The fourth-order valence-corrected chi connectivity index (χ4v) is 5.71. The van der Waals surface area contributed by atoms with Crippen LogP contribution < -0.4 is 11.1 Å². The van der Waals surface area contributed by atoms with Gasteiger partial charge >= 0.3 is 7.82 Å². The van der Waals surface area contributed by atoms with Crippen molar-refractivity contribution < 1.29 is 28.4 Å². The van der Waals surface area contributed by atoms with Gasteiger partial charge in [0.05, 0.1) is 25.4 Å². The molecule has 0 aliphatic rings. The highest BCUT2D eigenvalue weighted by atomic mass is 31.2. The Balaban J connectivity index is 4.38. The van der Waals surface area contributed by atoms with E-state index in [0.29, 0.717) is 6.42 Å². The number of nitrogens with one attached hydrogen (secondary N) is 1. The Morgan fingerprint density at radius 1 is 0.762 bits per heavy atom. The lowest BCUT2D eigenvalue weighted by molar-refractivity contribution is -0.123. The summed E-state index contributed by atoms with van der Waals surface area (Å²) in [6.45, 7) is 4.10. The zero-order valence-electron chi connectivity index (χ0n) is 27.2. The maximum absolute atomic E-state index is 12.6. The minimum atomic E-state index is -4.32. The summed E-state index contributed by atoms with van der Waals surface area (Å²) in [7, 11) is -4.32. The highest BCUT2D eigenvalue weighted by Gasteiger charge is 2.26. The van der Waals surface area contributed by atoms with Crippen molar-refractivity contribution in [3.05, 3.63) is 12.2 Å². The Kier molecular flexibility index (Phi) is 29.7. The normalized spacial score (nSPS) is 14.7. The predicted molar refractivity (Wildman–Crippen MR) is 175 cm³/mol. The second kappa shape index (κ2) is 30.3. The van der Waals surface area contributed by atoms with Gasteiger partial charge in [-0.15, -0.1) is 0 Å². The zero-order valence-corrected chi connectivity index (χ0v) is 28.1. The molecule has 0 aliphatic carbocycles. The first-order valence-electron chi connectivity index (χ1n) is 17.3. The Bertz CT molecular complexity index is 679. The van der Waals surface area contributed by atoms with Gasteiger partial charge in [0.2, 0.25) is 5.91 Å². The van der Waals surface area contributed by atoms with Crippen LogP contribution in [0.2, 0.25) is 0 Å². The first kappa shape index (κ1) is 41.2. The Morgan fingerprint density at radius 3 is 1.69 bits per heavy atom. The summed E-state index contributed by atoms with van der Waals surface area (Å²) in [5.74, 6) is -0.198. The number of hydrogen-bond donors (Lipinski definition) is 4. The molecule has 0 aromatic rings. The molecule has 0 bridgehead atoms.